The zero-order valence-corrected chi connectivity index (χ0v) is 11.5. The molecule has 0 spiro atoms. The molecule has 0 saturated heterocycles. The molecule has 1 aromatic rings. The molecule has 1 fully saturated rings. The summed E-state index contributed by atoms with van der Waals surface area (Å²) in [5, 5.41) is 17.6. The molecule has 3 atom stereocenters. The quantitative estimate of drug-likeness (QED) is 0.843. The van der Waals surface area contributed by atoms with E-state index < -0.39 is 39.0 Å². The highest BCUT2D eigenvalue weighted by Crippen LogP contribution is 2.62. The molecule has 2 rings (SSSR count). The van der Waals surface area contributed by atoms with Gasteiger partial charge < -0.3 is 10.2 Å². The van der Waals surface area contributed by atoms with Gasteiger partial charge in [0, 0.05) is 12.2 Å². The Balaban J connectivity index is 2.50. The summed E-state index contributed by atoms with van der Waals surface area (Å²) in [7, 11) is -3.54. The van der Waals surface area contributed by atoms with Gasteiger partial charge in [-0.1, -0.05) is 29.8 Å². The monoisotopic (exact) mass is 284 g/mol. The molecule has 5 nitrogen and oxygen atoms in total. The summed E-state index contributed by atoms with van der Waals surface area (Å²) in [6.45, 7) is 1.21. The number of rotatable bonds is 4. The molecule has 0 aromatic heterocycles. The molecule has 19 heavy (non-hydrogen) atoms. The lowest BCUT2D eigenvalue weighted by atomic mass is 9.99. The Bertz CT molecular complexity index is 604. The summed E-state index contributed by atoms with van der Waals surface area (Å²) in [6.07, 6.45) is 1.01. The number of aryl methyl sites for hydroxylation is 1. The number of carboxylic acid groups (broad SMARTS) is 1. The van der Waals surface area contributed by atoms with Crippen LogP contribution in [0.5, 0.6) is 0 Å². The van der Waals surface area contributed by atoms with E-state index in [4.69, 9.17) is 0 Å². The smallest absolute Gasteiger partial charge is 0.314 e. The van der Waals surface area contributed by atoms with E-state index in [1.54, 1.807) is 24.3 Å². The molecule has 104 valence electrons. The van der Waals surface area contributed by atoms with Gasteiger partial charge in [-0.05, 0) is 12.5 Å². The summed E-state index contributed by atoms with van der Waals surface area (Å²) < 4.78 is 23.5. The third kappa shape index (κ3) is 2.04. The lowest BCUT2D eigenvalue weighted by Gasteiger charge is -2.08. The SMILES string of the molecule is Cc1ccc(C2C(S(C)(=O)=O)C2(CO)C(=O)O)cc1. The second-order valence-electron chi connectivity index (χ2n) is 5.14. The van der Waals surface area contributed by atoms with Crippen molar-refractivity contribution in [3.8, 4) is 0 Å². The molecule has 0 heterocycles. The third-order valence-electron chi connectivity index (χ3n) is 3.81. The van der Waals surface area contributed by atoms with Gasteiger partial charge in [0.1, 0.15) is 5.41 Å². The van der Waals surface area contributed by atoms with Crippen LogP contribution >= 0.6 is 0 Å². The maximum absolute atomic E-state index is 11.7. The average molecular weight is 284 g/mol. The van der Waals surface area contributed by atoms with Gasteiger partial charge in [0.2, 0.25) is 0 Å². The largest absolute Gasteiger partial charge is 0.481 e. The van der Waals surface area contributed by atoms with E-state index in [-0.39, 0.29) is 0 Å². The van der Waals surface area contributed by atoms with Crippen molar-refractivity contribution in [2.45, 2.75) is 18.1 Å². The number of aliphatic carboxylic acids is 1. The fourth-order valence-electron chi connectivity index (χ4n) is 2.79. The van der Waals surface area contributed by atoms with Crippen LogP contribution < -0.4 is 0 Å². The first-order valence-electron chi connectivity index (χ1n) is 5.85. The van der Waals surface area contributed by atoms with Crippen molar-refractivity contribution >= 4 is 15.8 Å². The van der Waals surface area contributed by atoms with E-state index in [0.29, 0.717) is 5.56 Å². The number of aliphatic hydroxyl groups is 1. The number of hydrogen-bond acceptors (Lipinski definition) is 4. The van der Waals surface area contributed by atoms with Crippen LogP contribution in [0.25, 0.3) is 0 Å². The van der Waals surface area contributed by atoms with Crippen molar-refractivity contribution in [2.24, 2.45) is 5.41 Å². The van der Waals surface area contributed by atoms with Gasteiger partial charge in [-0.25, -0.2) is 8.42 Å². The second kappa shape index (κ2) is 4.31. The predicted molar refractivity (Wildman–Crippen MR) is 69.7 cm³/mol. The maximum atomic E-state index is 11.7. The van der Waals surface area contributed by atoms with Crippen LogP contribution in [-0.4, -0.2) is 42.7 Å². The molecular weight excluding hydrogens is 268 g/mol. The zero-order chi connectivity index (χ0) is 14.4. The lowest BCUT2D eigenvalue weighted by Crippen LogP contribution is -2.27. The number of benzene rings is 1. The first-order chi connectivity index (χ1) is 8.75. The van der Waals surface area contributed by atoms with E-state index in [9.17, 15) is 23.4 Å². The Kier molecular flexibility index (Phi) is 3.18. The Morgan fingerprint density at radius 3 is 2.16 bits per heavy atom. The molecule has 6 heteroatoms. The fourth-order valence-corrected chi connectivity index (χ4v) is 4.69. The third-order valence-corrected chi connectivity index (χ3v) is 5.43. The van der Waals surface area contributed by atoms with Crippen LogP contribution in [0.4, 0.5) is 0 Å². The Labute approximate surface area is 111 Å². The van der Waals surface area contributed by atoms with E-state index in [1.807, 2.05) is 6.92 Å². The summed E-state index contributed by atoms with van der Waals surface area (Å²) in [6, 6.07) is 7.05. The number of aliphatic hydroxyl groups excluding tert-OH is 1. The first kappa shape index (κ1) is 14.0. The van der Waals surface area contributed by atoms with Gasteiger partial charge in [0.25, 0.3) is 0 Å². The number of sulfone groups is 1. The minimum absolute atomic E-state index is 0.637. The van der Waals surface area contributed by atoms with Crippen LogP contribution in [0.15, 0.2) is 24.3 Å². The van der Waals surface area contributed by atoms with E-state index in [0.717, 1.165) is 11.8 Å². The van der Waals surface area contributed by atoms with Crippen LogP contribution in [0, 0.1) is 12.3 Å². The van der Waals surface area contributed by atoms with Gasteiger partial charge in [-0.3, -0.25) is 4.79 Å². The summed E-state index contributed by atoms with van der Waals surface area (Å²) in [4.78, 5) is 11.4. The molecular formula is C13H16O5S. The van der Waals surface area contributed by atoms with Crippen molar-refractivity contribution < 1.29 is 23.4 Å². The van der Waals surface area contributed by atoms with Gasteiger partial charge in [-0.15, -0.1) is 0 Å². The van der Waals surface area contributed by atoms with Crippen molar-refractivity contribution in [1.29, 1.82) is 0 Å². The zero-order valence-electron chi connectivity index (χ0n) is 10.7. The number of carbonyl (C=O) groups is 1. The lowest BCUT2D eigenvalue weighted by molar-refractivity contribution is -0.145. The molecule has 0 radical (unpaired) electrons. The molecule has 2 N–H and O–H groups in total. The Morgan fingerprint density at radius 1 is 1.32 bits per heavy atom. The topological polar surface area (TPSA) is 91.7 Å². The highest BCUT2D eigenvalue weighted by atomic mass is 32.2. The normalized spacial score (nSPS) is 30.1. The highest BCUT2D eigenvalue weighted by molar-refractivity contribution is 7.91. The predicted octanol–water partition coefficient (Wildman–Crippen LogP) is 0.569. The van der Waals surface area contributed by atoms with Crippen LogP contribution in [-0.2, 0) is 14.6 Å². The van der Waals surface area contributed by atoms with E-state index in [2.05, 4.69) is 0 Å². The van der Waals surface area contributed by atoms with Crippen LogP contribution in [0.1, 0.15) is 17.0 Å². The number of carboxylic acids is 1. The van der Waals surface area contributed by atoms with E-state index in [1.165, 1.54) is 0 Å². The standard InChI is InChI=1S/C13H16O5S/c1-8-3-5-9(6-4-8)10-11(19(2,17)18)13(10,7-14)12(15)16/h3-6,10-11,14H,7H2,1-2H3,(H,15,16). The minimum Gasteiger partial charge on any atom is -0.481 e. The second-order valence-corrected chi connectivity index (χ2v) is 7.31. The van der Waals surface area contributed by atoms with Crippen molar-refractivity contribution in [2.75, 3.05) is 12.9 Å². The molecule has 1 aliphatic carbocycles. The Morgan fingerprint density at radius 2 is 1.84 bits per heavy atom. The van der Waals surface area contributed by atoms with Crippen molar-refractivity contribution in [3.63, 3.8) is 0 Å². The number of hydrogen-bond donors (Lipinski definition) is 2. The van der Waals surface area contributed by atoms with Crippen molar-refractivity contribution in [3.05, 3.63) is 35.4 Å². The molecule has 1 saturated carbocycles. The summed E-state index contributed by atoms with van der Waals surface area (Å²) in [5.41, 5.74) is 0.0331. The summed E-state index contributed by atoms with van der Waals surface area (Å²) in [5.74, 6) is -1.96. The van der Waals surface area contributed by atoms with Gasteiger partial charge >= 0.3 is 5.97 Å². The molecule has 3 unspecified atom stereocenters. The first-order valence-corrected chi connectivity index (χ1v) is 7.80. The van der Waals surface area contributed by atoms with E-state index >= 15 is 0 Å². The summed E-state index contributed by atoms with van der Waals surface area (Å²) >= 11 is 0. The van der Waals surface area contributed by atoms with Gasteiger partial charge in [0.15, 0.2) is 9.84 Å². The molecule has 0 bridgehead atoms. The minimum atomic E-state index is -3.54. The molecule has 1 aromatic carbocycles. The van der Waals surface area contributed by atoms with Gasteiger partial charge in [0.05, 0.1) is 11.9 Å². The molecule has 0 aliphatic heterocycles. The highest BCUT2D eigenvalue weighted by Gasteiger charge is 2.74. The molecule has 0 amide bonds. The van der Waals surface area contributed by atoms with Crippen LogP contribution in [0.3, 0.4) is 0 Å². The van der Waals surface area contributed by atoms with Crippen LogP contribution in [0.2, 0.25) is 0 Å². The average Bonchev–Trinajstić information content (AvgIpc) is 3.00. The van der Waals surface area contributed by atoms with Crippen molar-refractivity contribution in [1.82, 2.24) is 0 Å². The molecule has 1 aliphatic rings. The fraction of sp³-hybridized carbons (Fsp3) is 0.462. The maximum Gasteiger partial charge on any atom is 0.314 e. The van der Waals surface area contributed by atoms with Gasteiger partial charge in [-0.2, -0.15) is 0 Å². The Hall–Kier alpha value is -1.40.